The summed E-state index contributed by atoms with van der Waals surface area (Å²) in [6.07, 6.45) is 1.34. The Morgan fingerprint density at radius 3 is 3.00 bits per heavy atom. The van der Waals surface area contributed by atoms with Gasteiger partial charge in [-0.1, -0.05) is 0 Å². The molecular formula is C9H14N4O5. The van der Waals surface area contributed by atoms with Crippen LogP contribution in [-0.4, -0.2) is 52.1 Å². The zero-order valence-corrected chi connectivity index (χ0v) is 9.78. The van der Waals surface area contributed by atoms with Crippen molar-refractivity contribution in [2.75, 3.05) is 20.3 Å². The fourth-order valence-corrected chi connectivity index (χ4v) is 1.30. The summed E-state index contributed by atoms with van der Waals surface area (Å²) in [5, 5.41) is 25.4. The van der Waals surface area contributed by atoms with E-state index in [2.05, 4.69) is 10.4 Å². The number of carbonyl (C=O) groups is 1. The lowest BCUT2D eigenvalue weighted by atomic mass is 10.3. The molecule has 1 aromatic rings. The number of nitrogens with one attached hydrogen (secondary N) is 1. The van der Waals surface area contributed by atoms with Crippen LogP contribution in [0.15, 0.2) is 12.3 Å². The zero-order valence-electron chi connectivity index (χ0n) is 9.78. The summed E-state index contributed by atoms with van der Waals surface area (Å²) in [4.78, 5) is 21.3. The summed E-state index contributed by atoms with van der Waals surface area (Å²) in [6, 6.07) is 0.694. The van der Waals surface area contributed by atoms with Gasteiger partial charge in [0.05, 0.1) is 36.6 Å². The summed E-state index contributed by atoms with van der Waals surface area (Å²) < 4.78 is 5.94. The van der Waals surface area contributed by atoms with Crippen LogP contribution in [0.5, 0.6) is 0 Å². The van der Waals surface area contributed by atoms with Gasteiger partial charge >= 0.3 is 5.82 Å². The predicted octanol–water partition coefficient (Wildman–Crippen LogP) is -1.09. The Morgan fingerprint density at radius 2 is 2.50 bits per heavy atom. The maximum atomic E-state index is 11.5. The first kappa shape index (κ1) is 14.1. The SMILES string of the molecule is COCC(CO)NC(=O)Cn1ccc([N+](=O)[O-])n1. The number of hydrogen-bond donors (Lipinski definition) is 2. The molecule has 18 heavy (non-hydrogen) atoms. The van der Waals surface area contributed by atoms with Gasteiger partial charge in [-0.15, -0.1) is 0 Å². The Morgan fingerprint density at radius 1 is 1.78 bits per heavy atom. The van der Waals surface area contributed by atoms with Crippen molar-refractivity contribution in [3.05, 3.63) is 22.4 Å². The van der Waals surface area contributed by atoms with Crippen molar-refractivity contribution in [1.82, 2.24) is 15.1 Å². The maximum absolute atomic E-state index is 11.5. The van der Waals surface area contributed by atoms with Gasteiger partial charge in [0, 0.05) is 7.11 Å². The summed E-state index contributed by atoms with van der Waals surface area (Å²) >= 11 is 0. The third kappa shape index (κ3) is 4.11. The molecule has 1 amide bonds. The fourth-order valence-electron chi connectivity index (χ4n) is 1.30. The third-order valence-corrected chi connectivity index (χ3v) is 2.07. The van der Waals surface area contributed by atoms with Gasteiger partial charge in [-0.25, -0.2) is 0 Å². The van der Waals surface area contributed by atoms with E-state index >= 15 is 0 Å². The van der Waals surface area contributed by atoms with Gasteiger partial charge in [0.15, 0.2) is 0 Å². The predicted molar refractivity (Wildman–Crippen MR) is 59.8 cm³/mol. The van der Waals surface area contributed by atoms with Gasteiger partial charge < -0.3 is 25.3 Å². The number of nitro groups is 1. The highest BCUT2D eigenvalue weighted by Crippen LogP contribution is 2.04. The highest BCUT2D eigenvalue weighted by Gasteiger charge is 2.15. The van der Waals surface area contributed by atoms with Crippen LogP contribution in [0, 0.1) is 10.1 Å². The van der Waals surface area contributed by atoms with Crippen molar-refractivity contribution < 1.29 is 19.6 Å². The molecule has 0 aliphatic carbocycles. The quantitative estimate of drug-likeness (QED) is 0.474. The summed E-state index contributed by atoms with van der Waals surface area (Å²) in [6.45, 7) is -0.228. The normalized spacial score (nSPS) is 12.1. The van der Waals surface area contributed by atoms with Gasteiger partial charge in [-0.05, 0) is 4.92 Å². The van der Waals surface area contributed by atoms with E-state index in [4.69, 9.17) is 9.84 Å². The molecule has 0 aromatic carbocycles. The second kappa shape index (κ2) is 6.67. The lowest BCUT2D eigenvalue weighted by molar-refractivity contribution is -0.389. The van der Waals surface area contributed by atoms with Crippen LogP contribution < -0.4 is 5.32 Å². The number of amides is 1. The monoisotopic (exact) mass is 258 g/mol. The average molecular weight is 258 g/mol. The van der Waals surface area contributed by atoms with E-state index in [1.165, 1.54) is 19.4 Å². The second-order valence-electron chi connectivity index (χ2n) is 3.53. The molecule has 0 aliphatic rings. The highest BCUT2D eigenvalue weighted by atomic mass is 16.6. The van der Waals surface area contributed by atoms with Crippen LogP contribution in [0.25, 0.3) is 0 Å². The van der Waals surface area contributed by atoms with E-state index in [1.807, 2.05) is 0 Å². The number of methoxy groups -OCH3 is 1. The van der Waals surface area contributed by atoms with Crippen LogP contribution in [0.4, 0.5) is 5.82 Å². The smallest absolute Gasteiger partial charge is 0.389 e. The topological polar surface area (TPSA) is 120 Å². The van der Waals surface area contributed by atoms with Crippen molar-refractivity contribution in [2.24, 2.45) is 0 Å². The van der Waals surface area contributed by atoms with Crippen LogP contribution in [0.2, 0.25) is 0 Å². The Bertz CT molecular complexity index is 419. The summed E-state index contributed by atoms with van der Waals surface area (Å²) in [5.74, 6) is -0.734. The molecule has 0 saturated carbocycles. The van der Waals surface area contributed by atoms with E-state index in [1.54, 1.807) is 0 Å². The second-order valence-corrected chi connectivity index (χ2v) is 3.53. The molecule has 0 saturated heterocycles. The van der Waals surface area contributed by atoms with E-state index in [9.17, 15) is 14.9 Å². The number of hydrogen-bond acceptors (Lipinski definition) is 6. The van der Waals surface area contributed by atoms with Crippen molar-refractivity contribution in [3.8, 4) is 0 Å². The molecular weight excluding hydrogens is 244 g/mol. The van der Waals surface area contributed by atoms with E-state index in [-0.39, 0.29) is 25.6 Å². The molecule has 2 N–H and O–H groups in total. The van der Waals surface area contributed by atoms with Gasteiger partial charge in [0.2, 0.25) is 5.91 Å². The lowest BCUT2D eigenvalue weighted by Gasteiger charge is -2.14. The van der Waals surface area contributed by atoms with Crippen LogP contribution in [-0.2, 0) is 16.1 Å². The minimum absolute atomic E-state index is 0.159. The Labute approximate surface area is 103 Å². The van der Waals surface area contributed by atoms with Crippen molar-refractivity contribution in [1.29, 1.82) is 0 Å². The molecule has 0 aliphatic heterocycles. The first-order valence-corrected chi connectivity index (χ1v) is 5.13. The number of aromatic nitrogens is 2. The number of ether oxygens (including phenoxy) is 1. The van der Waals surface area contributed by atoms with E-state index in [0.717, 1.165) is 4.68 Å². The third-order valence-electron chi connectivity index (χ3n) is 2.07. The molecule has 100 valence electrons. The average Bonchev–Trinajstić information content (AvgIpc) is 2.77. The van der Waals surface area contributed by atoms with Crippen molar-refractivity contribution in [3.63, 3.8) is 0 Å². The van der Waals surface area contributed by atoms with Gasteiger partial charge in [-0.3, -0.25) is 4.79 Å². The number of aliphatic hydroxyl groups is 1. The molecule has 9 heteroatoms. The Balaban J connectivity index is 2.50. The van der Waals surface area contributed by atoms with E-state index in [0.29, 0.717) is 0 Å². The molecule has 0 bridgehead atoms. The largest absolute Gasteiger partial charge is 0.394 e. The first-order chi connectivity index (χ1) is 8.56. The van der Waals surface area contributed by atoms with E-state index < -0.39 is 16.9 Å². The number of rotatable bonds is 7. The molecule has 0 radical (unpaired) electrons. The number of aliphatic hydroxyl groups excluding tert-OH is 1. The Kier molecular flexibility index (Phi) is 5.21. The molecule has 1 heterocycles. The van der Waals surface area contributed by atoms with Crippen molar-refractivity contribution in [2.45, 2.75) is 12.6 Å². The Hall–Kier alpha value is -2.00. The standard InChI is InChI=1S/C9H14N4O5/c1-18-6-7(5-14)10-9(15)4-12-3-2-8(11-12)13(16)17/h2-3,7,14H,4-6H2,1H3,(H,10,15). The number of carbonyl (C=O) groups excluding carboxylic acids is 1. The van der Waals surface area contributed by atoms with Crippen LogP contribution in [0.1, 0.15) is 0 Å². The lowest BCUT2D eigenvalue weighted by Crippen LogP contribution is -2.42. The first-order valence-electron chi connectivity index (χ1n) is 5.13. The highest BCUT2D eigenvalue weighted by molar-refractivity contribution is 5.76. The molecule has 9 nitrogen and oxygen atoms in total. The van der Waals surface area contributed by atoms with Crippen LogP contribution in [0.3, 0.4) is 0 Å². The number of nitrogens with zero attached hydrogens (tertiary/aromatic N) is 3. The molecule has 0 fully saturated rings. The fraction of sp³-hybridized carbons (Fsp3) is 0.556. The van der Waals surface area contributed by atoms with Gasteiger partial charge in [-0.2, -0.15) is 4.68 Å². The minimum Gasteiger partial charge on any atom is -0.394 e. The van der Waals surface area contributed by atoms with Gasteiger partial charge in [0.25, 0.3) is 0 Å². The zero-order chi connectivity index (χ0) is 13.5. The van der Waals surface area contributed by atoms with Crippen LogP contribution >= 0.6 is 0 Å². The molecule has 1 aromatic heterocycles. The molecule has 1 atom stereocenters. The van der Waals surface area contributed by atoms with Crippen molar-refractivity contribution >= 4 is 11.7 Å². The molecule has 0 spiro atoms. The summed E-state index contributed by atoms with van der Waals surface area (Å²) in [7, 11) is 1.45. The molecule has 1 rings (SSSR count). The minimum atomic E-state index is -0.643. The van der Waals surface area contributed by atoms with Gasteiger partial charge in [0.1, 0.15) is 6.54 Å². The summed E-state index contributed by atoms with van der Waals surface area (Å²) in [5.41, 5.74) is 0. The maximum Gasteiger partial charge on any atom is 0.389 e. The molecule has 1 unspecified atom stereocenters.